The molecule has 3 N–H and O–H groups in total. The molecule has 150 valence electrons. The van der Waals surface area contributed by atoms with Crippen molar-refractivity contribution in [1.82, 2.24) is 9.97 Å². The molecule has 1 aliphatic rings. The van der Waals surface area contributed by atoms with E-state index in [2.05, 4.69) is 15.3 Å². The first-order valence-corrected chi connectivity index (χ1v) is 9.33. The molecule has 0 radical (unpaired) electrons. The molecule has 0 saturated heterocycles. The van der Waals surface area contributed by atoms with E-state index in [1.54, 1.807) is 6.20 Å². The summed E-state index contributed by atoms with van der Waals surface area (Å²) in [5.41, 5.74) is 6.51. The highest BCUT2D eigenvalue weighted by Crippen LogP contribution is 2.37. The SMILES string of the molecule is Cc1cnc(NC2CCC(c3c(C(N)=O)ccc(F)c3F)CC2)nc1N(C)C. The summed E-state index contributed by atoms with van der Waals surface area (Å²) in [7, 11) is 3.85. The second-order valence-corrected chi connectivity index (χ2v) is 7.47. The van der Waals surface area contributed by atoms with Gasteiger partial charge in [0.1, 0.15) is 5.82 Å². The molecule has 1 aromatic heterocycles. The Morgan fingerprint density at radius 1 is 1.21 bits per heavy atom. The molecule has 8 heteroatoms. The molecule has 1 amide bonds. The van der Waals surface area contributed by atoms with E-state index in [1.165, 1.54) is 6.07 Å². The fourth-order valence-electron chi connectivity index (χ4n) is 3.84. The number of hydrogen-bond donors (Lipinski definition) is 2. The number of aryl methyl sites for hydroxylation is 1. The number of carbonyl (C=O) groups excluding carboxylic acids is 1. The summed E-state index contributed by atoms with van der Waals surface area (Å²) < 4.78 is 28.1. The van der Waals surface area contributed by atoms with E-state index in [0.29, 0.717) is 18.8 Å². The zero-order valence-electron chi connectivity index (χ0n) is 16.3. The van der Waals surface area contributed by atoms with Gasteiger partial charge in [0.15, 0.2) is 11.6 Å². The molecule has 1 fully saturated rings. The van der Waals surface area contributed by atoms with Gasteiger partial charge in [-0.2, -0.15) is 4.98 Å². The lowest BCUT2D eigenvalue weighted by atomic mass is 9.79. The summed E-state index contributed by atoms with van der Waals surface area (Å²) in [6.07, 6.45) is 4.47. The first-order chi connectivity index (χ1) is 13.3. The second kappa shape index (κ2) is 8.08. The maximum Gasteiger partial charge on any atom is 0.249 e. The summed E-state index contributed by atoms with van der Waals surface area (Å²) in [6, 6.07) is 2.34. The third-order valence-corrected chi connectivity index (χ3v) is 5.24. The van der Waals surface area contributed by atoms with Crippen LogP contribution in [0.5, 0.6) is 0 Å². The molecule has 0 aliphatic heterocycles. The Balaban J connectivity index is 1.72. The molecule has 2 aromatic rings. The van der Waals surface area contributed by atoms with Gasteiger partial charge in [0, 0.05) is 43.0 Å². The number of nitrogens with two attached hydrogens (primary N) is 1. The van der Waals surface area contributed by atoms with E-state index >= 15 is 0 Å². The Hall–Kier alpha value is -2.77. The highest BCUT2D eigenvalue weighted by Gasteiger charge is 2.29. The van der Waals surface area contributed by atoms with Gasteiger partial charge in [-0.05, 0) is 50.7 Å². The maximum absolute atomic E-state index is 14.4. The van der Waals surface area contributed by atoms with Crippen LogP contribution in [0, 0.1) is 18.6 Å². The zero-order chi connectivity index (χ0) is 20.4. The molecule has 0 atom stereocenters. The lowest BCUT2D eigenvalue weighted by Gasteiger charge is -2.30. The number of aromatic nitrogens is 2. The lowest BCUT2D eigenvalue weighted by Crippen LogP contribution is -2.28. The molecule has 0 unspecified atom stereocenters. The Morgan fingerprint density at radius 2 is 1.89 bits per heavy atom. The lowest BCUT2D eigenvalue weighted by molar-refractivity contribution is 0.0998. The summed E-state index contributed by atoms with van der Waals surface area (Å²) in [5.74, 6) is -1.51. The number of halogens is 2. The summed E-state index contributed by atoms with van der Waals surface area (Å²) >= 11 is 0. The fraction of sp³-hybridized carbons (Fsp3) is 0.450. The van der Waals surface area contributed by atoms with Gasteiger partial charge in [-0.3, -0.25) is 4.79 Å². The largest absolute Gasteiger partial charge is 0.366 e. The van der Waals surface area contributed by atoms with Crippen molar-refractivity contribution < 1.29 is 13.6 Å². The molecule has 1 heterocycles. The molecule has 0 bridgehead atoms. The maximum atomic E-state index is 14.4. The van der Waals surface area contributed by atoms with Crippen molar-refractivity contribution in [3.8, 4) is 0 Å². The van der Waals surface area contributed by atoms with E-state index in [0.717, 1.165) is 30.3 Å². The highest BCUT2D eigenvalue weighted by atomic mass is 19.2. The van der Waals surface area contributed by atoms with Crippen LogP contribution in [0.2, 0.25) is 0 Å². The van der Waals surface area contributed by atoms with Gasteiger partial charge in [0.25, 0.3) is 0 Å². The van der Waals surface area contributed by atoms with Crippen LogP contribution < -0.4 is 16.0 Å². The van der Waals surface area contributed by atoms with Crippen molar-refractivity contribution in [2.75, 3.05) is 24.3 Å². The van der Waals surface area contributed by atoms with Crippen molar-refractivity contribution in [3.63, 3.8) is 0 Å². The van der Waals surface area contributed by atoms with E-state index in [9.17, 15) is 13.6 Å². The Labute approximate surface area is 163 Å². The van der Waals surface area contributed by atoms with Gasteiger partial charge < -0.3 is 16.0 Å². The van der Waals surface area contributed by atoms with Crippen LogP contribution in [0.15, 0.2) is 18.3 Å². The van der Waals surface area contributed by atoms with Crippen molar-refractivity contribution in [2.24, 2.45) is 5.73 Å². The Morgan fingerprint density at radius 3 is 2.50 bits per heavy atom. The number of primary amides is 1. The number of hydrogen-bond acceptors (Lipinski definition) is 5. The standard InChI is InChI=1S/C20H25F2N5O/c1-11-10-24-20(26-19(11)27(2)3)25-13-6-4-12(5-7-13)16-14(18(23)28)8-9-15(21)17(16)22/h8-10,12-13H,4-7H2,1-3H3,(H2,23,28)(H,24,25,26). The van der Waals surface area contributed by atoms with Crippen molar-refractivity contribution >= 4 is 17.7 Å². The smallest absolute Gasteiger partial charge is 0.249 e. The Kier molecular flexibility index (Phi) is 5.76. The molecular formula is C20H25F2N5O. The predicted octanol–water partition coefficient (Wildman–Crippen LogP) is 3.37. The Bertz CT molecular complexity index is 879. The van der Waals surface area contributed by atoms with E-state index < -0.39 is 17.5 Å². The van der Waals surface area contributed by atoms with E-state index in [4.69, 9.17) is 5.73 Å². The summed E-state index contributed by atoms with van der Waals surface area (Å²) in [5, 5.41) is 3.33. The quantitative estimate of drug-likeness (QED) is 0.819. The molecule has 1 saturated carbocycles. The molecule has 28 heavy (non-hydrogen) atoms. The number of benzene rings is 1. The minimum absolute atomic E-state index is 0.0628. The fourth-order valence-corrected chi connectivity index (χ4v) is 3.84. The second-order valence-electron chi connectivity index (χ2n) is 7.47. The van der Waals surface area contributed by atoms with Crippen molar-refractivity contribution in [1.29, 1.82) is 0 Å². The van der Waals surface area contributed by atoms with Crippen LogP contribution in [0.3, 0.4) is 0 Å². The average molecular weight is 389 g/mol. The van der Waals surface area contributed by atoms with Gasteiger partial charge in [-0.25, -0.2) is 13.8 Å². The van der Waals surface area contributed by atoms with Crippen molar-refractivity contribution in [3.05, 3.63) is 46.7 Å². The van der Waals surface area contributed by atoms with Gasteiger partial charge in [0.2, 0.25) is 11.9 Å². The van der Waals surface area contributed by atoms with Gasteiger partial charge in [0.05, 0.1) is 0 Å². The number of rotatable bonds is 5. The number of amides is 1. The monoisotopic (exact) mass is 389 g/mol. The number of nitrogens with one attached hydrogen (secondary N) is 1. The summed E-state index contributed by atoms with van der Waals surface area (Å²) in [4.78, 5) is 22.5. The first kappa shape index (κ1) is 20.0. The van der Waals surface area contributed by atoms with Crippen molar-refractivity contribution in [2.45, 2.75) is 44.6 Å². The number of anilines is 2. The molecule has 6 nitrogen and oxygen atoms in total. The molecule has 1 aromatic carbocycles. The van der Waals surface area contributed by atoms with Gasteiger partial charge in [-0.1, -0.05) is 0 Å². The third kappa shape index (κ3) is 4.05. The van der Waals surface area contributed by atoms with Crippen LogP contribution >= 0.6 is 0 Å². The van der Waals surface area contributed by atoms with Gasteiger partial charge in [-0.15, -0.1) is 0 Å². The minimum Gasteiger partial charge on any atom is -0.366 e. The topological polar surface area (TPSA) is 84.1 Å². The minimum atomic E-state index is -0.967. The summed E-state index contributed by atoms with van der Waals surface area (Å²) in [6.45, 7) is 1.95. The van der Waals surface area contributed by atoms with Gasteiger partial charge >= 0.3 is 0 Å². The highest BCUT2D eigenvalue weighted by molar-refractivity contribution is 5.94. The van der Waals surface area contributed by atoms with Crippen LogP contribution in [-0.4, -0.2) is 36.0 Å². The third-order valence-electron chi connectivity index (χ3n) is 5.24. The van der Waals surface area contributed by atoms with Crippen LogP contribution in [0.4, 0.5) is 20.5 Å². The van der Waals surface area contributed by atoms with E-state index in [1.807, 2.05) is 25.9 Å². The molecule has 1 aliphatic carbocycles. The van der Waals surface area contributed by atoms with E-state index in [-0.39, 0.29) is 23.1 Å². The first-order valence-electron chi connectivity index (χ1n) is 9.33. The van der Waals surface area contributed by atoms with Crippen LogP contribution in [-0.2, 0) is 0 Å². The predicted molar refractivity (Wildman–Crippen MR) is 105 cm³/mol. The molecular weight excluding hydrogens is 364 g/mol. The number of nitrogens with zero attached hydrogens (tertiary/aromatic N) is 3. The number of carbonyl (C=O) groups is 1. The normalized spacial score (nSPS) is 19.3. The molecule has 0 spiro atoms. The van der Waals surface area contributed by atoms with Crippen LogP contribution in [0.25, 0.3) is 0 Å². The average Bonchev–Trinajstić information content (AvgIpc) is 2.65. The van der Waals surface area contributed by atoms with Crippen LogP contribution in [0.1, 0.15) is 53.1 Å². The zero-order valence-corrected chi connectivity index (χ0v) is 16.3. The molecule has 3 rings (SSSR count).